The highest BCUT2D eigenvalue weighted by atomic mass is 35.5. The number of aromatic carboxylic acids is 1. The molecule has 35 heavy (non-hydrogen) atoms. The van der Waals surface area contributed by atoms with Crippen molar-refractivity contribution in [2.45, 2.75) is 30.8 Å². The van der Waals surface area contributed by atoms with Crippen LogP contribution >= 0.6 is 23.2 Å². The molecule has 192 valence electrons. The smallest absolute Gasteiger partial charge is 0.478 e. The van der Waals surface area contributed by atoms with Crippen molar-refractivity contribution >= 4 is 56.5 Å². The molecule has 14 heteroatoms. The van der Waals surface area contributed by atoms with E-state index in [9.17, 15) is 31.5 Å². The molecule has 0 bridgehead atoms. The van der Waals surface area contributed by atoms with Crippen LogP contribution in [0.2, 0.25) is 10.0 Å². The molecule has 0 aliphatic carbocycles. The predicted molar refractivity (Wildman–Crippen MR) is 125 cm³/mol. The molecule has 3 N–H and O–H groups in total. The summed E-state index contributed by atoms with van der Waals surface area (Å²) in [5.74, 6) is -3.25. The van der Waals surface area contributed by atoms with E-state index in [1.807, 2.05) is 4.90 Å². The van der Waals surface area contributed by atoms with E-state index in [-0.39, 0.29) is 26.2 Å². The molecule has 8 nitrogen and oxygen atoms in total. The van der Waals surface area contributed by atoms with Crippen molar-refractivity contribution in [3.05, 3.63) is 52.0 Å². The van der Waals surface area contributed by atoms with Crippen LogP contribution in [0.1, 0.15) is 30.1 Å². The number of anilines is 2. The van der Waals surface area contributed by atoms with Crippen LogP contribution in [-0.2, 0) is 14.8 Å². The average Bonchev–Trinajstić information content (AvgIpc) is 2.75. The Hall–Kier alpha value is -2.70. The maximum absolute atomic E-state index is 12.6. The van der Waals surface area contributed by atoms with Gasteiger partial charge in [0.2, 0.25) is 0 Å². The number of hydrogen-bond acceptors (Lipinski definition) is 5. The molecule has 0 aromatic heterocycles. The lowest BCUT2D eigenvalue weighted by Crippen LogP contribution is -2.33. The lowest BCUT2D eigenvalue weighted by Gasteiger charge is -2.33. The van der Waals surface area contributed by atoms with Crippen molar-refractivity contribution in [1.29, 1.82) is 0 Å². The normalized spacial score (nSPS) is 14.6. The Kier molecular flexibility index (Phi) is 9.26. The molecule has 1 saturated heterocycles. The van der Waals surface area contributed by atoms with Crippen molar-refractivity contribution in [1.82, 2.24) is 0 Å². The lowest BCUT2D eigenvalue weighted by atomic mass is 9.98. The summed E-state index contributed by atoms with van der Waals surface area (Å²) in [7, 11) is -3.94. The lowest BCUT2D eigenvalue weighted by molar-refractivity contribution is -0.192. The van der Waals surface area contributed by atoms with Gasteiger partial charge in [-0.2, -0.15) is 13.2 Å². The molecule has 0 unspecified atom stereocenters. The SMILES string of the molecule is CC1CCN(c2ccc(NS(=O)(=O)c3ccc(Cl)c(Cl)c3)cc2C(=O)O)CC1.O=C(O)C(F)(F)F. The van der Waals surface area contributed by atoms with Crippen LogP contribution in [-0.4, -0.2) is 49.8 Å². The van der Waals surface area contributed by atoms with Crippen LogP contribution in [0.3, 0.4) is 0 Å². The minimum Gasteiger partial charge on any atom is -0.478 e. The van der Waals surface area contributed by atoms with Gasteiger partial charge in [-0.1, -0.05) is 30.1 Å². The fourth-order valence-electron chi connectivity index (χ4n) is 3.15. The Labute approximate surface area is 209 Å². The highest BCUT2D eigenvalue weighted by molar-refractivity contribution is 7.92. The highest BCUT2D eigenvalue weighted by Crippen LogP contribution is 2.30. The molecule has 0 spiro atoms. The van der Waals surface area contributed by atoms with Gasteiger partial charge in [-0.05, 0) is 55.2 Å². The van der Waals surface area contributed by atoms with E-state index in [2.05, 4.69) is 11.6 Å². The Morgan fingerprint density at radius 3 is 2.09 bits per heavy atom. The summed E-state index contributed by atoms with van der Waals surface area (Å²) in [6.07, 6.45) is -3.10. The third-order valence-corrected chi connectivity index (χ3v) is 7.17. The summed E-state index contributed by atoms with van der Waals surface area (Å²) in [4.78, 5) is 22.6. The fourth-order valence-corrected chi connectivity index (χ4v) is 4.59. The number of benzene rings is 2. The number of nitrogens with zero attached hydrogens (tertiary/aromatic N) is 1. The van der Waals surface area contributed by atoms with Crippen LogP contribution < -0.4 is 9.62 Å². The zero-order chi connectivity index (χ0) is 26.6. The first-order valence-corrected chi connectivity index (χ1v) is 12.3. The number of aliphatic carboxylic acids is 1. The third kappa shape index (κ3) is 7.91. The van der Waals surface area contributed by atoms with Crippen molar-refractivity contribution in [3.63, 3.8) is 0 Å². The number of sulfonamides is 1. The van der Waals surface area contributed by atoms with Crippen molar-refractivity contribution in [2.24, 2.45) is 5.92 Å². The highest BCUT2D eigenvalue weighted by Gasteiger charge is 2.38. The van der Waals surface area contributed by atoms with Crippen molar-refractivity contribution in [2.75, 3.05) is 22.7 Å². The first kappa shape index (κ1) is 28.5. The number of nitrogens with one attached hydrogen (secondary N) is 1. The number of hydrogen-bond donors (Lipinski definition) is 3. The zero-order valence-corrected chi connectivity index (χ0v) is 20.5. The zero-order valence-electron chi connectivity index (χ0n) is 18.1. The number of carbonyl (C=O) groups is 2. The molecule has 1 fully saturated rings. The molecule has 1 aliphatic heterocycles. The van der Waals surface area contributed by atoms with E-state index in [4.69, 9.17) is 33.1 Å². The Balaban J connectivity index is 0.000000540. The second-order valence-electron chi connectivity index (χ2n) is 7.69. The van der Waals surface area contributed by atoms with Gasteiger partial charge >= 0.3 is 18.1 Å². The molecule has 1 aliphatic rings. The van der Waals surface area contributed by atoms with Gasteiger partial charge in [0.05, 0.1) is 26.2 Å². The van der Waals surface area contributed by atoms with E-state index < -0.39 is 28.1 Å². The van der Waals surface area contributed by atoms with Crippen LogP contribution in [0.5, 0.6) is 0 Å². The maximum Gasteiger partial charge on any atom is 0.490 e. The standard InChI is InChI=1S/C19H20Cl2N2O4S.C2HF3O2/c1-12-6-8-23(9-7-12)18-5-2-13(10-15(18)19(24)25)22-28(26,27)14-3-4-16(20)17(21)11-14;3-2(4,5)1(6)7/h2-5,10-12,22H,6-9H2,1H3,(H,24,25);(H,6,7). The van der Waals surface area contributed by atoms with Gasteiger partial charge < -0.3 is 15.1 Å². The van der Waals surface area contributed by atoms with Gasteiger partial charge in [-0.3, -0.25) is 4.72 Å². The molecule has 1 heterocycles. The van der Waals surface area contributed by atoms with E-state index >= 15 is 0 Å². The van der Waals surface area contributed by atoms with Gasteiger partial charge in [0, 0.05) is 18.8 Å². The third-order valence-electron chi connectivity index (χ3n) is 5.05. The second-order valence-corrected chi connectivity index (χ2v) is 10.2. The summed E-state index contributed by atoms with van der Waals surface area (Å²) < 4.78 is 59.3. The number of rotatable bonds is 5. The molecule has 0 atom stereocenters. The summed E-state index contributed by atoms with van der Waals surface area (Å²) in [6.45, 7) is 3.72. The molecule has 2 aromatic carbocycles. The Morgan fingerprint density at radius 1 is 1.03 bits per heavy atom. The van der Waals surface area contributed by atoms with E-state index in [0.717, 1.165) is 25.9 Å². The topological polar surface area (TPSA) is 124 Å². The summed E-state index contributed by atoms with van der Waals surface area (Å²) >= 11 is 11.7. The first-order valence-electron chi connectivity index (χ1n) is 10.0. The minimum absolute atomic E-state index is 0.0592. The van der Waals surface area contributed by atoms with E-state index in [0.29, 0.717) is 11.6 Å². The number of carboxylic acids is 2. The van der Waals surface area contributed by atoms with Crippen LogP contribution in [0.15, 0.2) is 41.3 Å². The number of alkyl halides is 3. The first-order chi connectivity index (χ1) is 16.1. The molecule has 0 radical (unpaired) electrons. The van der Waals surface area contributed by atoms with E-state index in [1.54, 1.807) is 12.1 Å². The average molecular weight is 557 g/mol. The van der Waals surface area contributed by atoms with Crippen molar-refractivity contribution < 1.29 is 41.4 Å². The van der Waals surface area contributed by atoms with E-state index in [1.165, 1.54) is 24.3 Å². The predicted octanol–water partition coefficient (Wildman–Crippen LogP) is 5.36. The fraction of sp³-hybridized carbons (Fsp3) is 0.333. The number of carboxylic acid groups (broad SMARTS) is 2. The second kappa shape index (κ2) is 11.4. The van der Waals surface area contributed by atoms with Crippen LogP contribution in [0.25, 0.3) is 0 Å². The molecule has 0 amide bonds. The van der Waals surface area contributed by atoms with Gasteiger partial charge in [-0.15, -0.1) is 0 Å². The number of piperidine rings is 1. The van der Waals surface area contributed by atoms with Gasteiger partial charge in [0.15, 0.2) is 0 Å². The summed E-state index contributed by atoms with van der Waals surface area (Å²) in [6, 6.07) is 8.51. The maximum atomic E-state index is 12.6. The van der Waals surface area contributed by atoms with Gasteiger partial charge in [-0.25, -0.2) is 18.0 Å². The Bertz CT molecular complexity index is 1200. The minimum atomic E-state index is -5.08. The molecule has 2 aromatic rings. The largest absolute Gasteiger partial charge is 0.490 e. The van der Waals surface area contributed by atoms with Crippen molar-refractivity contribution in [3.8, 4) is 0 Å². The molecule has 3 rings (SSSR count). The van der Waals surface area contributed by atoms with Gasteiger partial charge in [0.25, 0.3) is 10.0 Å². The molecular weight excluding hydrogens is 536 g/mol. The van der Waals surface area contributed by atoms with Crippen LogP contribution in [0.4, 0.5) is 24.5 Å². The van der Waals surface area contributed by atoms with Crippen LogP contribution in [0, 0.1) is 5.92 Å². The van der Waals surface area contributed by atoms with Gasteiger partial charge in [0.1, 0.15) is 0 Å². The monoisotopic (exact) mass is 556 g/mol. The summed E-state index contributed by atoms with van der Waals surface area (Å²) in [5, 5.41) is 17.1. The summed E-state index contributed by atoms with van der Waals surface area (Å²) in [5.41, 5.74) is 0.818. The number of halogens is 5. The molecule has 0 saturated carbocycles. The quantitative estimate of drug-likeness (QED) is 0.452. The Morgan fingerprint density at radius 2 is 1.60 bits per heavy atom. The molecular formula is C21H21Cl2F3N2O6S.